The summed E-state index contributed by atoms with van der Waals surface area (Å²) in [6, 6.07) is 20.0. The molecule has 1 aliphatic heterocycles. The lowest BCUT2D eigenvalue weighted by Gasteiger charge is -2.33. The maximum atomic E-state index is 3.54. The van der Waals surface area contributed by atoms with Crippen LogP contribution in [0, 0.1) is 6.92 Å². The first-order chi connectivity index (χ1) is 9.34. The summed E-state index contributed by atoms with van der Waals surface area (Å²) in [4.78, 5) is 0. The average molecular weight is 251 g/mol. The predicted molar refractivity (Wildman–Crippen MR) is 80.6 cm³/mol. The monoisotopic (exact) mass is 251 g/mol. The molecule has 1 heteroatoms. The van der Waals surface area contributed by atoms with Crippen molar-refractivity contribution in [2.24, 2.45) is 0 Å². The van der Waals surface area contributed by atoms with Gasteiger partial charge in [-0.3, -0.25) is 0 Å². The topological polar surface area (TPSA) is 12.0 Å². The highest BCUT2D eigenvalue weighted by Crippen LogP contribution is 2.37. The fourth-order valence-corrected chi connectivity index (χ4v) is 3.12. The minimum absolute atomic E-state index is 0.595. The number of aryl methyl sites for hydroxylation is 1. The number of benzene rings is 2. The Labute approximate surface area is 115 Å². The van der Waals surface area contributed by atoms with Gasteiger partial charge in [-0.2, -0.15) is 0 Å². The van der Waals surface area contributed by atoms with Gasteiger partial charge in [0, 0.05) is 12.5 Å². The van der Waals surface area contributed by atoms with Gasteiger partial charge in [-0.25, -0.2) is 0 Å². The average Bonchev–Trinajstić information content (AvgIpc) is 2.49. The Hall–Kier alpha value is -1.60. The molecule has 2 aromatic rings. The van der Waals surface area contributed by atoms with Crippen LogP contribution in [0.4, 0.5) is 0 Å². The Morgan fingerprint density at radius 2 is 1.53 bits per heavy atom. The lowest BCUT2D eigenvalue weighted by atomic mass is 9.77. The molecular formula is C18H21N. The SMILES string of the molecule is Cc1ccc([C@H]2CCNC[C@@H]2c2ccccc2)cc1. The number of rotatable bonds is 2. The molecule has 19 heavy (non-hydrogen) atoms. The highest BCUT2D eigenvalue weighted by molar-refractivity contribution is 5.31. The predicted octanol–water partition coefficient (Wildman–Crippen LogP) is 3.86. The van der Waals surface area contributed by atoms with E-state index in [0.717, 1.165) is 13.1 Å². The molecule has 1 N–H and O–H groups in total. The van der Waals surface area contributed by atoms with Gasteiger partial charge in [-0.1, -0.05) is 60.2 Å². The molecule has 1 fully saturated rings. The van der Waals surface area contributed by atoms with Crippen molar-refractivity contribution in [1.82, 2.24) is 5.32 Å². The normalized spacial score (nSPS) is 23.2. The van der Waals surface area contributed by atoms with Crippen molar-refractivity contribution in [1.29, 1.82) is 0 Å². The smallest absolute Gasteiger partial charge is 0.00326 e. The number of nitrogens with one attached hydrogen (secondary N) is 1. The largest absolute Gasteiger partial charge is 0.316 e. The standard InChI is InChI=1S/C18H21N/c1-14-7-9-16(10-8-14)17-11-12-19-13-18(17)15-5-3-2-4-6-15/h2-10,17-19H,11-13H2,1H3/t17-,18-/m1/s1. The van der Waals surface area contributed by atoms with Crippen LogP contribution in [0.15, 0.2) is 54.6 Å². The van der Waals surface area contributed by atoms with Gasteiger partial charge in [0.1, 0.15) is 0 Å². The third-order valence-electron chi connectivity index (χ3n) is 4.22. The van der Waals surface area contributed by atoms with Crippen LogP contribution >= 0.6 is 0 Å². The van der Waals surface area contributed by atoms with Gasteiger partial charge in [-0.15, -0.1) is 0 Å². The van der Waals surface area contributed by atoms with E-state index in [2.05, 4.69) is 66.8 Å². The highest BCUT2D eigenvalue weighted by atomic mass is 14.9. The first kappa shape index (κ1) is 12.4. The molecule has 0 radical (unpaired) electrons. The first-order valence-corrected chi connectivity index (χ1v) is 7.17. The van der Waals surface area contributed by atoms with Crippen LogP contribution < -0.4 is 5.32 Å². The summed E-state index contributed by atoms with van der Waals surface area (Å²) in [5.74, 6) is 1.24. The number of piperidine rings is 1. The lowest BCUT2D eigenvalue weighted by molar-refractivity contribution is 0.404. The maximum Gasteiger partial charge on any atom is 0.00326 e. The molecule has 0 spiro atoms. The molecule has 3 rings (SSSR count). The molecule has 1 aliphatic rings. The van der Waals surface area contributed by atoms with Crippen LogP contribution in [0.5, 0.6) is 0 Å². The molecule has 1 nitrogen and oxygen atoms in total. The van der Waals surface area contributed by atoms with Gasteiger partial charge in [0.2, 0.25) is 0 Å². The summed E-state index contributed by atoms with van der Waals surface area (Å²) in [6.45, 7) is 4.37. The van der Waals surface area contributed by atoms with Crippen LogP contribution in [0.2, 0.25) is 0 Å². The van der Waals surface area contributed by atoms with E-state index < -0.39 is 0 Å². The highest BCUT2D eigenvalue weighted by Gasteiger charge is 2.27. The fraction of sp³-hybridized carbons (Fsp3) is 0.333. The van der Waals surface area contributed by atoms with E-state index in [1.807, 2.05) is 0 Å². The van der Waals surface area contributed by atoms with Gasteiger partial charge in [-0.05, 0) is 36.9 Å². The quantitative estimate of drug-likeness (QED) is 0.854. The summed E-state index contributed by atoms with van der Waals surface area (Å²) in [5.41, 5.74) is 4.29. The summed E-state index contributed by atoms with van der Waals surface area (Å²) < 4.78 is 0. The minimum Gasteiger partial charge on any atom is -0.316 e. The number of hydrogen-bond donors (Lipinski definition) is 1. The van der Waals surface area contributed by atoms with Crippen molar-refractivity contribution in [3.8, 4) is 0 Å². The zero-order chi connectivity index (χ0) is 13.1. The third kappa shape index (κ3) is 2.71. The molecule has 1 heterocycles. The fourth-order valence-electron chi connectivity index (χ4n) is 3.12. The zero-order valence-electron chi connectivity index (χ0n) is 11.5. The molecule has 2 aromatic carbocycles. The molecule has 0 saturated carbocycles. The summed E-state index contributed by atoms with van der Waals surface area (Å²) in [5, 5.41) is 3.54. The molecule has 2 atom stereocenters. The van der Waals surface area contributed by atoms with E-state index in [9.17, 15) is 0 Å². The molecule has 98 valence electrons. The van der Waals surface area contributed by atoms with Crippen LogP contribution in [0.3, 0.4) is 0 Å². The molecule has 0 bridgehead atoms. The van der Waals surface area contributed by atoms with Gasteiger partial charge in [0.05, 0.1) is 0 Å². The van der Waals surface area contributed by atoms with E-state index in [1.54, 1.807) is 0 Å². The Balaban J connectivity index is 1.91. The zero-order valence-corrected chi connectivity index (χ0v) is 11.5. The third-order valence-corrected chi connectivity index (χ3v) is 4.22. The van der Waals surface area contributed by atoms with Crippen molar-refractivity contribution >= 4 is 0 Å². The Kier molecular flexibility index (Phi) is 3.65. The van der Waals surface area contributed by atoms with Crippen LogP contribution in [-0.2, 0) is 0 Å². The van der Waals surface area contributed by atoms with Crippen LogP contribution in [0.25, 0.3) is 0 Å². The van der Waals surface area contributed by atoms with Crippen LogP contribution in [-0.4, -0.2) is 13.1 Å². The lowest BCUT2D eigenvalue weighted by Crippen LogP contribution is -2.33. The van der Waals surface area contributed by atoms with Gasteiger partial charge in [0.25, 0.3) is 0 Å². The molecule has 0 unspecified atom stereocenters. The Morgan fingerprint density at radius 1 is 0.842 bits per heavy atom. The van der Waals surface area contributed by atoms with E-state index >= 15 is 0 Å². The number of hydrogen-bond acceptors (Lipinski definition) is 1. The van der Waals surface area contributed by atoms with Crippen molar-refractivity contribution < 1.29 is 0 Å². The first-order valence-electron chi connectivity index (χ1n) is 7.17. The van der Waals surface area contributed by atoms with Gasteiger partial charge >= 0.3 is 0 Å². The maximum absolute atomic E-state index is 3.54. The van der Waals surface area contributed by atoms with Crippen molar-refractivity contribution in [2.45, 2.75) is 25.2 Å². The second kappa shape index (κ2) is 5.58. The van der Waals surface area contributed by atoms with E-state index in [4.69, 9.17) is 0 Å². The Morgan fingerprint density at radius 3 is 2.26 bits per heavy atom. The van der Waals surface area contributed by atoms with Crippen LogP contribution in [0.1, 0.15) is 34.9 Å². The van der Waals surface area contributed by atoms with Gasteiger partial charge in [0.15, 0.2) is 0 Å². The Bertz CT molecular complexity index is 515. The summed E-state index contributed by atoms with van der Waals surface area (Å²) in [6.07, 6.45) is 1.22. The van der Waals surface area contributed by atoms with E-state index in [-0.39, 0.29) is 0 Å². The molecule has 0 aromatic heterocycles. The van der Waals surface area contributed by atoms with E-state index in [1.165, 1.54) is 23.1 Å². The summed E-state index contributed by atoms with van der Waals surface area (Å²) >= 11 is 0. The van der Waals surface area contributed by atoms with Crippen molar-refractivity contribution in [3.63, 3.8) is 0 Å². The summed E-state index contributed by atoms with van der Waals surface area (Å²) in [7, 11) is 0. The van der Waals surface area contributed by atoms with E-state index in [0.29, 0.717) is 11.8 Å². The minimum atomic E-state index is 0.595. The van der Waals surface area contributed by atoms with Crippen molar-refractivity contribution in [2.75, 3.05) is 13.1 Å². The second-order valence-electron chi connectivity index (χ2n) is 5.53. The molecule has 0 aliphatic carbocycles. The van der Waals surface area contributed by atoms with Gasteiger partial charge < -0.3 is 5.32 Å². The molecular weight excluding hydrogens is 230 g/mol. The molecule has 1 saturated heterocycles. The van der Waals surface area contributed by atoms with Crippen molar-refractivity contribution in [3.05, 3.63) is 71.3 Å². The molecule has 0 amide bonds. The second-order valence-corrected chi connectivity index (χ2v) is 5.53.